The van der Waals surface area contributed by atoms with Crippen molar-refractivity contribution in [2.45, 2.75) is 18.5 Å². The summed E-state index contributed by atoms with van der Waals surface area (Å²) < 4.78 is 50.7. The Morgan fingerprint density at radius 3 is 1.76 bits per heavy atom. The molecule has 0 aromatic heterocycles. The van der Waals surface area contributed by atoms with Crippen molar-refractivity contribution < 1.29 is 17.6 Å². The molecule has 0 saturated heterocycles. The highest BCUT2D eigenvalue weighted by atomic mass is 19.4. The molecule has 0 amide bonds. The first-order chi connectivity index (χ1) is 9.91. The average Bonchev–Trinajstić information content (AvgIpc) is 2.45. The summed E-state index contributed by atoms with van der Waals surface area (Å²) in [6.45, 7) is 0.392. The van der Waals surface area contributed by atoms with Crippen LogP contribution >= 0.6 is 0 Å². The van der Waals surface area contributed by atoms with Gasteiger partial charge in [0.2, 0.25) is 0 Å². The molecule has 0 unspecified atom stereocenters. The lowest BCUT2D eigenvalue weighted by Gasteiger charge is -2.18. The second-order valence-electron chi connectivity index (χ2n) is 4.80. The molecule has 0 spiro atoms. The van der Waals surface area contributed by atoms with E-state index in [1.165, 1.54) is 24.3 Å². The molecule has 2 aromatic carbocycles. The molecule has 5 heteroatoms. The van der Waals surface area contributed by atoms with Crippen molar-refractivity contribution in [2.75, 3.05) is 6.54 Å². The van der Waals surface area contributed by atoms with Gasteiger partial charge in [0.1, 0.15) is 5.82 Å². The standard InChI is InChI=1S/C16H15F4N/c17-14-7-3-12(4-8-14)15(9-10-21)11-1-5-13(6-2-11)16(18,19)20/h1-8,15H,9-10,21H2/t15-/m1/s1. The van der Waals surface area contributed by atoms with Crippen LogP contribution in [0.25, 0.3) is 0 Å². The van der Waals surface area contributed by atoms with Crippen molar-refractivity contribution >= 4 is 0 Å². The average molecular weight is 297 g/mol. The molecule has 112 valence electrons. The highest BCUT2D eigenvalue weighted by molar-refractivity contribution is 5.35. The van der Waals surface area contributed by atoms with Crippen LogP contribution in [0.2, 0.25) is 0 Å². The van der Waals surface area contributed by atoms with E-state index >= 15 is 0 Å². The summed E-state index contributed by atoms with van der Waals surface area (Å²) in [5.74, 6) is -0.490. The molecule has 2 N–H and O–H groups in total. The second kappa shape index (κ2) is 6.26. The van der Waals surface area contributed by atoms with Gasteiger partial charge in [0.25, 0.3) is 0 Å². The zero-order chi connectivity index (χ0) is 15.5. The topological polar surface area (TPSA) is 26.0 Å². The number of rotatable bonds is 4. The van der Waals surface area contributed by atoms with Crippen LogP contribution in [-0.2, 0) is 6.18 Å². The fourth-order valence-corrected chi connectivity index (χ4v) is 2.29. The molecule has 0 aliphatic carbocycles. The van der Waals surface area contributed by atoms with E-state index in [0.717, 1.165) is 23.3 Å². The Hall–Kier alpha value is -1.88. The van der Waals surface area contributed by atoms with Crippen molar-refractivity contribution in [3.8, 4) is 0 Å². The van der Waals surface area contributed by atoms with E-state index in [-0.39, 0.29) is 11.7 Å². The Labute approximate surface area is 120 Å². The molecule has 21 heavy (non-hydrogen) atoms. The molecule has 1 nitrogen and oxygen atoms in total. The maximum atomic E-state index is 13.0. The summed E-state index contributed by atoms with van der Waals surface area (Å²) in [5, 5.41) is 0. The molecule has 2 aromatic rings. The molecule has 1 atom stereocenters. The van der Waals surface area contributed by atoms with Crippen LogP contribution in [0.5, 0.6) is 0 Å². The first-order valence-electron chi connectivity index (χ1n) is 6.54. The lowest BCUT2D eigenvalue weighted by molar-refractivity contribution is -0.137. The summed E-state index contributed by atoms with van der Waals surface area (Å²) in [5.41, 5.74) is 6.47. The second-order valence-corrected chi connectivity index (χ2v) is 4.80. The molecular weight excluding hydrogens is 282 g/mol. The van der Waals surface area contributed by atoms with Crippen LogP contribution in [0.3, 0.4) is 0 Å². The van der Waals surface area contributed by atoms with E-state index in [1.807, 2.05) is 0 Å². The molecule has 0 heterocycles. The Kier molecular flexibility index (Phi) is 4.63. The third-order valence-electron chi connectivity index (χ3n) is 3.37. The number of hydrogen-bond acceptors (Lipinski definition) is 1. The van der Waals surface area contributed by atoms with Gasteiger partial charge in [-0.1, -0.05) is 24.3 Å². The minimum Gasteiger partial charge on any atom is -0.330 e. The smallest absolute Gasteiger partial charge is 0.330 e. The third kappa shape index (κ3) is 3.82. The van der Waals surface area contributed by atoms with E-state index in [1.54, 1.807) is 12.1 Å². The van der Waals surface area contributed by atoms with Gasteiger partial charge >= 0.3 is 6.18 Å². The van der Waals surface area contributed by atoms with Crippen molar-refractivity contribution in [3.63, 3.8) is 0 Å². The van der Waals surface area contributed by atoms with Crippen LogP contribution in [-0.4, -0.2) is 6.54 Å². The van der Waals surface area contributed by atoms with E-state index in [2.05, 4.69) is 0 Å². The maximum absolute atomic E-state index is 13.0. The number of hydrogen-bond donors (Lipinski definition) is 1. The largest absolute Gasteiger partial charge is 0.416 e. The SMILES string of the molecule is NCC[C@@H](c1ccc(F)cc1)c1ccc(C(F)(F)F)cc1. The monoisotopic (exact) mass is 297 g/mol. The van der Waals surface area contributed by atoms with Crippen LogP contribution in [0.4, 0.5) is 17.6 Å². The number of alkyl halides is 3. The van der Waals surface area contributed by atoms with Crippen molar-refractivity contribution in [1.29, 1.82) is 0 Å². The fourth-order valence-electron chi connectivity index (χ4n) is 2.29. The quantitative estimate of drug-likeness (QED) is 0.835. The van der Waals surface area contributed by atoms with Gasteiger partial charge in [-0.15, -0.1) is 0 Å². The number of benzene rings is 2. The van der Waals surface area contributed by atoms with Crippen LogP contribution in [0.15, 0.2) is 48.5 Å². The Morgan fingerprint density at radius 2 is 1.33 bits per heavy atom. The van der Waals surface area contributed by atoms with Crippen molar-refractivity contribution in [2.24, 2.45) is 5.73 Å². The lowest BCUT2D eigenvalue weighted by atomic mass is 9.88. The van der Waals surface area contributed by atoms with Crippen LogP contribution in [0.1, 0.15) is 29.0 Å². The predicted molar refractivity (Wildman–Crippen MR) is 73.4 cm³/mol. The van der Waals surface area contributed by atoms with Crippen LogP contribution < -0.4 is 5.73 Å². The van der Waals surface area contributed by atoms with Gasteiger partial charge in [-0.25, -0.2) is 4.39 Å². The predicted octanol–water partition coefficient (Wildman–Crippen LogP) is 4.33. The molecule has 0 bridgehead atoms. The summed E-state index contributed by atoms with van der Waals surface area (Å²) in [7, 11) is 0. The third-order valence-corrected chi connectivity index (χ3v) is 3.37. The summed E-state index contributed by atoms with van der Waals surface area (Å²) >= 11 is 0. The normalized spacial score (nSPS) is 13.2. The lowest BCUT2D eigenvalue weighted by Crippen LogP contribution is -2.10. The molecular formula is C16H15F4N. The summed E-state index contributed by atoms with van der Waals surface area (Å²) in [6, 6.07) is 11.0. The van der Waals surface area contributed by atoms with Crippen LogP contribution in [0, 0.1) is 5.82 Å². The van der Waals surface area contributed by atoms with Gasteiger partial charge in [0, 0.05) is 5.92 Å². The van der Waals surface area contributed by atoms with Crippen molar-refractivity contribution in [3.05, 3.63) is 71.0 Å². The zero-order valence-corrected chi connectivity index (χ0v) is 11.2. The molecule has 0 saturated carbocycles. The van der Waals surface area contributed by atoms with Gasteiger partial charge in [0.15, 0.2) is 0 Å². The Bertz CT molecular complexity index is 573. The first kappa shape index (κ1) is 15.5. The Morgan fingerprint density at radius 1 is 0.857 bits per heavy atom. The van der Waals surface area contributed by atoms with E-state index in [0.29, 0.717) is 13.0 Å². The van der Waals surface area contributed by atoms with Gasteiger partial charge in [-0.2, -0.15) is 13.2 Å². The summed E-state index contributed by atoms with van der Waals surface area (Å²) in [6.07, 6.45) is -3.77. The fraction of sp³-hybridized carbons (Fsp3) is 0.250. The number of halogens is 4. The van der Waals surface area contributed by atoms with Gasteiger partial charge in [-0.3, -0.25) is 0 Å². The summed E-state index contributed by atoms with van der Waals surface area (Å²) in [4.78, 5) is 0. The minimum absolute atomic E-state index is 0.141. The van der Waals surface area contributed by atoms with Crippen molar-refractivity contribution in [1.82, 2.24) is 0 Å². The molecule has 0 radical (unpaired) electrons. The van der Waals surface area contributed by atoms with E-state index in [9.17, 15) is 17.6 Å². The van der Waals surface area contributed by atoms with E-state index < -0.39 is 11.7 Å². The highest BCUT2D eigenvalue weighted by Crippen LogP contribution is 2.32. The molecule has 2 rings (SSSR count). The molecule has 0 aliphatic heterocycles. The Balaban J connectivity index is 2.32. The molecule has 0 aliphatic rings. The first-order valence-corrected chi connectivity index (χ1v) is 6.54. The highest BCUT2D eigenvalue weighted by Gasteiger charge is 2.30. The zero-order valence-electron chi connectivity index (χ0n) is 11.2. The van der Waals surface area contributed by atoms with Gasteiger partial charge < -0.3 is 5.73 Å². The maximum Gasteiger partial charge on any atom is 0.416 e. The molecule has 0 fully saturated rings. The van der Waals surface area contributed by atoms with E-state index in [4.69, 9.17) is 5.73 Å². The van der Waals surface area contributed by atoms with Gasteiger partial charge in [0.05, 0.1) is 5.56 Å². The minimum atomic E-state index is -4.35. The number of nitrogens with two attached hydrogens (primary N) is 1. The van der Waals surface area contributed by atoms with Gasteiger partial charge in [-0.05, 0) is 48.4 Å².